The zero-order valence-corrected chi connectivity index (χ0v) is 12.7. The van der Waals surface area contributed by atoms with E-state index in [0.717, 1.165) is 12.1 Å². The Hall–Kier alpha value is -1.19. The van der Waals surface area contributed by atoms with Crippen LogP contribution in [0.25, 0.3) is 0 Å². The standard InChI is InChI=1S/C16H17BrFN/c1-12-6-8-13(9-7-12)10-19(2)11-14-4-3-5-15(18)16(14)17/h3-9H,10-11H2,1-2H3. The van der Waals surface area contributed by atoms with Crippen LogP contribution >= 0.6 is 15.9 Å². The van der Waals surface area contributed by atoms with Gasteiger partial charge in [-0.3, -0.25) is 4.90 Å². The SMILES string of the molecule is Cc1ccc(CN(C)Cc2cccc(F)c2Br)cc1. The van der Waals surface area contributed by atoms with E-state index < -0.39 is 0 Å². The molecule has 0 aromatic heterocycles. The van der Waals surface area contributed by atoms with E-state index >= 15 is 0 Å². The van der Waals surface area contributed by atoms with Gasteiger partial charge in [0.15, 0.2) is 0 Å². The van der Waals surface area contributed by atoms with Crippen molar-refractivity contribution in [3.63, 3.8) is 0 Å². The average molecular weight is 322 g/mol. The van der Waals surface area contributed by atoms with Gasteiger partial charge in [0.05, 0.1) is 4.47 Å². The average Bonchev–Trinajstić information content (AvgIpc) is 2.38. The molecule has 0 atom stereocenters. The smallest absolute Gasteiger partial charge is 0.137 e. The number of halogens is 2. The van der Waals surface area contributed by atoms with Crippen LogP contribution in [0.1, 0.15) is 16.7 Å². The van der Waals surface area contributed by atoms with Crippen molar-refractivity contribution < 1.29 is 4.39 Å². The molecule has 1 nitrogen and oxygen atoms in total. The summed E-state index contributed by atoms with van der Waals surface area (Å²) in [5.74, 6) is -0.207. The summed E-state index contributed by atoms with van der Waals surface area (Å²) in [5, 5.41) is 0. The zero-order chi connectivity index (χ0) is 13.8. The van der Waals surface area contributed by atoms with E-state index in [2.05, 4.69) is 52.0 Å². The molecule has 100 valence electrons. The van der Waals surface area contributed by atoms with E-state index in [1.165, 1.54) is 17.2 Å². The summed E-state index contributed by atoms with van der Waals surface area (Å²) < 4.78 is 14.0. The number of nitrogens with zero attached hydrogens (tertiary/aromatic N) is 1. The van der Waals surface area contributed by atoms with Crippen LogP contribution in [-0.2, 0) is 13.1 Å². The molecule has 2 aromatic carbocycles. The highest BCUT2D eigenvalue weighted by atomic mass is 79.9. The Morgan fingerprint density at radius 1 is 1.05 bits per heavy atom. The molecule has 0 radical (unpaired) electrons. The molecule has 0 bridgehead atoms. The second-order valence-electron chi connectivity index (χ2n) is 4.87. The maximum Gasteiger partial charge on any atom is 0.137 e. The minimum absolute atomic E-state index is 0.207. The maximum absolute atomic E-state index is 13.4. The lowest BCUT2D eigenvalue weighted by Gasteiger charge is -2.18. The topological polar surface area (TPSA) is 3.24 Å². The van der Waals surface area contributed by atoms with Crippen molar-refractivity contribution in [3.05, 3.63) is 69.4 Å². The molecule has 19 heavy (non-hydrogen) atoms. The van der Waals surface area contributed by atoms with Gasteiger partial charge in [-0.15, -0.1) is 0 Å². The highest BCUT2D eigenvalue weighted by Gasteiger charge is 2.08. The molecule has 0 heterocycles. The van der Waals surface area contributed by atoms with E-state index in [1.807, 2.05) is 13.1 Å². The fourth-order valence-electron chi connectivity index (χ4n) is 2.02. The minimum Gasteiger partial charge on any atom is -0.298 e. The third-order valence-corrected chi connectivity index (χ3v) is 3.93. The number of hydrogen-bond donors (Lipinski definition) is 0. The summed E-state index contributed by atoms with van der Waals surface area (Å²) in [6.45, 7) is 3.65. The van der Waals surface area contributed by atoms with Crippen molar-refractivity contribution in [2.45, 2.75) is 20.0 Å². The Bertz CT molecular complexity index is 551. The monoisotopic (exact) mass is 321 g/mol. The molecule has 0 amide bonds. The fourth-order valence-corrected chi connectivity index (χ4v) is 2.41. The highest BCUT2D eigenvalue weighted by molar-refractivity contribution is 9.10. The van der Waals surface area contributed by atoms with Crippen molar-refractivity contribution in [2.24, 2.45) is 0 Å². The summed E-state index contributed by atoms with van der Waals surface area (Å²) in [7, 11) is 2.04. The van der Waals surface area contributed by atoms with Gasteiger partial charge in [-0.2, -0.15) is 0 Å². The van der Waals surface area contributed by atoms with Crippen LogP contribution in [0, 0.1) is 12.7 Å². The van der Waals surface area contributed by atoms with Crippen molar-refractivity contribution in [2.75, 3.05) is 7.05 Å². The summed E-state index contributed by atoms with van der Waals surface area (Å²) in [4.78, 5) is 2.17. The number of benzene rings is 2. The normalized spacial score (nSPS) is 11.0. The Morgan fingerprint density at radius 2 is 1.74 bits per heavy atom. The maximum atomic E-state index is 13.4. The zero-order valence-electron chi connectivity index (χ0n) is 11.2. The summed E-state index contributed by atoms with van der Waals surface area (Å²) in [6, 6.07) is 13.6. The highest BCUT2D eigenvalue weighted by Crippen LogP contribution is 2.22. The molecule has 0 spiro atoms. The Balaban J connectivity index is 2.03. The quantitative estimate of drug-likeness (QED) is 0.799. The molecule has 0 aliphatic heterocycles. The first kappa shape index (κ1) is 14.2. The summed E-state index contributed by atoms with van der Waals surface area (Å²) in [5.41, 5.74) is 3.49. The molecule has 2 aromatic rings. The van der Waals surface area contributed by atoms with E-state index in [0.29, 0.717) is 11.0 Å². The predicted octanol–water partition coefficient (Wildman–Crippen LogP) is 4.53. The summed E-state index contributed by atoms with van der Waals surface area (Å²) >= 11 is 3.30. The van der Waals surface area contributed by atoms with E-state index in [-0.39, 0.29) is 5.82 Å². The second-order valence-corrected chi connectivity index (χ2v) is 5.66. The van der Waals surface area contributed by atoms with Gasteiger partial charge in [0, 0.05) is 13.1 Å². The molecular formula is C16H17BrFN. The largest absolute Gasteiger partial charge is 0.298 e. The first-order valence-corrected chi connectivity index (χ1v) is 7.02. The van der Waals surface area contributed by atoms with E-state index in [4.69, 9.17) is 0 Å². The predicted molar refractivity (Wildman–Crippen MR) is 80.5 cm³/mol. The molecule has 0 saturated heterocycles. The van der Waals surface area contributed by atoms with E-state index in [1.54, 1.807) is 6.07 Å². The van der Waals surface area contributed by atoms with Gasteiger partial charge in [-0.25, -0.2) is 4.39 Å². The van der Waals surface area contributed by atoms with Gasteiger partial charge in [0.1, 0.15) is 5.82 Å². The molecule has 0 fully saturated rings. The Kier molecular flexibility index (Phi) is 4.72. The number of rotatable bonds is 4. The first-order valence-electron chi connectivity index (χ1n) is 6.23. The van der Waals surface area contributed by atoms with Gasteiger partial charge >= 0.3 is 0 Å². The van der Waals surface area contributed by atoms with Gasteiger partial charge < -0.3 is 0 Å². The van der Waals surface area contributed by atoms with Crippen LogP contribution in [0.2, 0.25) is 0 Å². The van der Waals surface area contributed by atoms with Crippen molar-refractivity contribution in [3.8, 4) is 0 Å². The van der Waals surface area contributed by atoms with Crippen molar-refractivity contribution >= 4 is 15.9 Å². The number of hydrogen-bond acceptors (Lipinski definition) is 1. The lowest BCUT2D eigenvalue weighted by molar-refractivity contribution is 0.318. The first-order chi connectivity index (χ1) is 9.06. The molecule has 0 aliphatic carbocycles. The summed E-state index contributed by atoms with van der Waals surface area (Å²) in [6.07, 6.45) is 0. The molecule has 3 heteroatoms. The third kappa shape index (κ3) is 3.88. The van der Waals surface area contributed by atoms with Crippen LogP contribution in [-0.4, -0.2) is 11.9 Å². The van der Waals surface area contributed by atoms with Gasteiger partial charge in [-0.1, -0.05) is 42.0 Å². The van der Waals surface area contributed by atoms with Crippen molar-refractivity contribution in [1.82, 2.24) is 4.90 Å². The van der Waals surface area contributed by atoms with Crippen LogP contribution in [0.5, 0.6) is 0 Å². The van der Waals surface area contributed by atoms with Crippen LogP contribution in [0.3, 0.4) is 0 Å². The van der Waals surface area contributed by atoms with Gasteiger partial charge in [-0.05, 0) is 47.1 Å². The van der Waals surface area contributed by atoms with Crippen LogP contribution < -0.4 is 0 Å². The number of aryl methyl sites for hydroxylation is 1. The van der Waals surface area contributed by atoms with Crippen LogP contribution in [0.15, 0.2) is 46.9 Å². The van der Waals surface area contributed by atoms with Crippen molar-refractivity contribution in [1.29, 1.82) is 0 Å². The van der Waals surface area contributed by atoms with Gasteiger partial charge in [0.2, 0.25) is 0 Å². The fraction of sp³-hybridized carbons (Fsp3) is 0.250. The second kappa shape index (κ2) is 6.31. The van der Waals surface area contributed by atoms with E-state index in [9.17, 15) is 4.39 Å². The molecule has 0 saturated carbocycles. The molecule has 0 aliphatic rings. The minimum atomic E-state index is -0.207. The third-order valence-electron chi connectivity index (χ3n) is 3.04. The lowest BCUT2D eigenvalue weighted by atomic mass is 10.1. The van der Waals surface area contributed by atoms with Gasteiger partial charge in [0.25, 0.3) is 0 Å². The Labute approximate surface area is 122 Å². The Morgan fingerprint density at radius 3 is 2.42 bits per heavy atom. The molecular weight excluding hydrogens is 305 g/mol. The molecule has 0 unspecified atom stereocenters. The van der Waals surface area contributed by atoms with Crippen LogP contribution in [0.4, 0.5) is 4.39 Å². The molecule has 0 N–H and O–H groups in total. The molecule has 2 rings (SSSR count). The lowest BCUT2D eigenvalue weighted by Crippen LogP contribution is -2.17.